The molecular weight excluding hydrogens is 475 g/mol. The summed E-state index contributed by atoms with van der Waals surface area (Å²) < 4.78 is 12.7. The summed E-state index contributed by atoms with van der Waals surface area (Å²) in [5.74, 6) is 0.715. The molecular formula is C24H31IN2O2. The monoisotopic (exact) mass is 506 g/mol. The van der Waals surface area contributed by atoms with E-state index in [4.69, 9.17) is 14.5 Å². The van der Waals surface area contributed by atoms with Crippen LogP contribution < -0.4 is 4.74 Å². The highest BCUT2D eigenvalue weighted by molar-refractivity contribution is 14.1. The van der Waals surface area contributed by atoms with Gasteiger partial charge in [-0.2, -0.15) is 0 Å². The van der Waals surface area contributed by atoms with Gasteiger partial charge in [0.05, 0.1) is 16.3 Å². The Kier molecular flexibility index (Phi) is 6.74. The Labute approximate surface area is 188 Å². The third-order valence-corrected chi connectivity index (χ3v) is 7.57. The van der Waals surface area contributed by atoms with Crippen molar-refractivity contribution in [3.05, 3.63) is 51.5 Å². The van der Waals surface area contributed by atoms with Crippen LogP contribution in [0.1, 0.15) is 69.0 Å². The second kappa shape index (κ2) is 9.29. The molecule has 4 rings (SSSR count). The first-order valence-electron chi connectivity index (χ1n) is 10.9. The molecule has 0 bridgehead atoms. The molecule has 4 nitrogen and oxygen atoms in total. The maximum Gasteiger partial charge on any atom is 0.226 e. The van der Waals surface area contributed by atoms with E-state index in [-0.39, 0.29) is 11.0 Å². The molecule has 1 spiro atoms. The molecule has 2 aromatic rings. The van der Waals surface area contributed by atoms with Crippen molar-refractivity contribution in [1.82, 2.24) is 9.97 Å². The van der Waals surface area contributed by atoms with E-state index < -0.39 is 0 Å². The number of nitrogens with zero attached hydrogens (tertiary/aromatic N) is 2. The third-order valence-electron chi connectivity index (χ3n) is 6.80. The Morgan fingerprint density at radius 3 is 2.72 bits per heavy atom. The minimum absolute atomic E-state index is 0.103. The number of hydrogen-bond donors (Lipinski definition) is 0. The molecule has 3 heterocycles. The number of aryl methyl sites for hydroxylation is 1. The molecule has 0 radical (unpaired) electrons. The van der Waals surface area contributed by atoms with Gasteiger partial charge in [-0.25, -0.2) is 4.98 Å². The normalized spacial score (nSPS) is 23.4. The zero-order chi connectivity index (χ0) is 20.2. The van der Waals surface area contributed by atoms with Crippen molar-refractivity contribution < 1.29 is 9.47 Å². The summed E-state index contributed by atoms with van der Waals surface area (Å²) in [6.07, 6.45) is 15.8. The van der Waals surface area contributed by atoms with Gasteiger partial charge < -0.3 is 9.47 Å². The summed E-state index contributed by atoms with van der Waals surface area (Å²) in [7, 11) is 1.67. The first-order valence-corrected chi connectivity index (χ1v) is 12.0. The van der Waals surface area contributed by atoms with Crippen LogP contribution in [0.5, 0.6) is 5.88 Å². The van der Waals surface area contributed by atoms with Crippen molar-refractivity contribution in [2.75, 3.05) is 13.7 Å². The third kappa shape index (κ3) is 4.76. The van der Waals surface area contributed by atoms with Gasteiger partial charge in [0, 0.05) is 30.1 Å². The van der Waals surface area contributed by atoms with Crippen molar-refractivity contribution in [2.24, 2.45) is 0 Å². The highest BCUT2D eigenvalue weighted by Gasteiger charge is 2.48. The topological polar surface area (TPSA) is 44.2 Å². The molecule has 29 heavy (non-hydrogen) atoms. The van der Waals surface area contributed by atoms with Gasteiger partial charge in [-0.1, -0.05) is 25.3 Å². The lowest BCUT2D eigenvalue weighted by Crippen LogP contribution is -2.46. The highest BCUT2D eigenvalue weighted by Crippen LogP contribution is 2.50. The Hall–Kier alpha value is -1.21. The summed E-state index contributed by atoms with van der Waals surface area (Å²) >= 11 is 2.30. The maximum atomic E-state index is 6.37. The van der Waals surface area contributed by atoms with Gasteiger partial charge in [0.25, 0.3) is 0 Å². The number of methoxy groups -OCH3 is 1. The fourth-order valence-corrected chi connectivity index (χ4v) is 6.10. The van der Waals surface area contributed by atoms with E-state index in [1.165, 1.54) is 56.2 Å². The van der Waals surface area contributed by atoms with Gasteiger partial charge in [0.1, 0.15) is 0 Å². The lowest BCUT2D eigenvalue weighted by molar-refractivity contribution is -0.104. The zero-order valence-corrected chi connectivity index (χ0v) is 19.5. The molecule has 0 N–H and O–H groups in total. The first-order chi connectivity index (χ1) is 14.1. The molecule has 156 valence electrons. The molecule has 1 aliphatic heterocycles. The summed E-state index contributed by atoms with van der Waals surface area (Å²) in [4.78, 5) is 9.23. The predicted molar refractivity (Wildman–Crippen MR) is 123 cm³/mol. The van der Waals surface area contributed by atoms with Gasteiger partial charge in [-0.05, 0) is 91.3 Å². The van der Waals surface area contributed by atoms with Gasteiger partial charge in [0.2, 0.25) is 5.88 Å². The largest absolute Gasteiger partial charge is 0.480 e. The molecule has 1 atom stereocenters. The van der Waals surface area contributed by atoms with Crippen molar-refractivity contribution in [1.29, 1.82) is 0 Å². The van der Waals surface area contributed by atoms with Crippen molar-refractivity contribution in [3.8, 4) is 5.88 Å². The lowest BCUT2D eigenvalue weighted by atomic mass is 9.67. The van der Waals surface area contributed by atoms with Crippen LogP contribution in [-0.2, 0) is 16.6 Å². The van der Waals surface area contributed by atoms with Crippen LogP contribution in [0, 0.1) is 3.57 Å². The molecule has 2 aliphatic rings. The molecule has 1 aliphatic carbocycles. The summed E-state index contributed by atoms with van der Waals surface area (Å²) in [5.41, 5.74) is 2.83. The second-order valence-corrected chi connectivity index (χ2v) is 9.86. The van der Waals surface area contributed by atoms with Gasteiger partial charge in [0.15, 0.2) is 0 Å². The number of unbranched alkanes of at least 4 members (excludes halogenated alkanes) is 1. The van der Waals surface area contributed by atoms with Crippen LogP contribution in [-0.4, -0.2) is 29.3 Å². The smallest absolute Gasteiger partial charge is 0.226 e. The molecule has 0 aromatic carbocycles. The van der Waals surface area contributed by atoms with Gasteiger partial charge >= 0.3 is 0 Å². The zero-order valence-electron chi connectivity index (χ0n) is 17.3. The number of ether oxygens (including phenoxy) is 2. The Morgan fingerprint density at radius 2 is 2.00 bits per heavy atom. The molecule has 2 fully saturated rings. The van der Waals surface area contributed by atoms with E-state index in [2.05, 4.69) is 45.8 Å². The van der Waals surface area contributed by atoms with E-state index >= 15 is 0 Å². The summed E-state index contributed by atoms with van der Waals surface area (Å²) in [6, 6.07) is 8.61. The van der Waals surface area contributed by atoms with Crippen molar-refractivity contribution >= 4 is 22.6 Å². The molecule has 1 saturated heterocycles. The SMILES string of the molecule is COc1ncc(CCCC[C@@]2(c3ccccn3)CCOC3(CCCC3)C2)cc1I. The Bertz CT molecular complexity index is 808. The molecule has 0 amide bonds. The Balaban J connectivity index is 1.43. The average Bonchev–Trinajstić information content (AvgIpc) is 3.19. The van der Waals surface area contributed by atoms with Crippen LogP contribution in [0.2, 0.25) is 0 Å². The van der Waals surface area contributed by atoms with E-state index in [1.54, 1.807) is 7.11 Å². The van der Waals surface area contributed by atoms with Crippen LogP contribution in [0.15, 0.2) is 36.7 Å². The summed E-state index contributed by atoms with van der Waals surface area (Å²) in [5, 5.41) is 0. The van der Waals surface area contributed by atoms with E-state index in [1.807, 2.05) is 18.5 Å². The van der Waals surface area contributed by atoms with Gasteiger partial charge in [-0.3, -0.25) is 4.98 Å². The fourth-order valence-electron chi connectivity index (χ4n) is 5.34. The van der Waals surface area contributed by atoms with Crippen LogP contribution in [0.4, 0.5) is 0 Å². The van der Waals surface area contributed by atoms with E-state index in [0.29, 0.717) is 5.88 Å². The molecule has 1 saturated carbocycles. The van der Waals surface area contributed by atoms with Crippen molar-refractivity contribution in [3.63, 3.8) is 0 Å². The van der Waals surface area contributed by atoms with Crippen LogP contribution in [0.3, 0.4) is 0 Å². The maximum absolute atomic E-state index is 6.37. The van der Waals surface area contributed by atoms with E-state index in [0.717, 1.165) is 29.4 Å². The number of aromatic nitrogens is 2. The van der Waals surface area contributed by atoms with Crippen LogP contribution in [0.25, 0.3) is 0 Å². The minimum atomic E-state index is 0.103. The lowest BCUT2D eigenvalue weighted by Gasteiger charge is -2.46. The summed E-state index contributed by atoms with van der Waals surface area (Å²) in [6.45, 7) is 0.872. The second-order valence-electron chi connectivity index (χ2n) is 8.70. The minimum Gasteiger partial charge on any atom is -0.480 e. The number of hydrogen-bond acceptors (Lipinski definition) is 4. The number of rotatable bonds is 7. The average molecular weight is 506 g/mol. The first kappa shape index (κ1) is 21.0. The predicted octanol–water partition coefficient (Wildman–Crippen LogP) is 5.86. The highest BCUT2D eigenvalue weighted by atomic mass is 127. The molecule has 5 heteroatoms. The van der Waals surface area contributed by atoms with Crippen molar-refractivity contribution in [2.45, 2.75) is 75.2 Å². The standard InChI is InChI=1S/C24H31IN2O2/c1-28-22-20(25)16-19(17-27-22)8-2-4-10-23(21-9-3-7-14-26-21)13-15-29-24(18-23)11-5-6-12-24/h3,7,9,14,16-17H,2,4-6,8,10-13,15,18H2,1H3/t23-/m1/s1. The molecule has 2 aromatic heterocycles. The Morgan fingerprint density at radius 1 is 1.14 bits per heavy atom. The van der Waals surface area contributed by atoms with E-state index in [9.17, 15) is 0 Å². The van der Waals surface area contributed by atoms with Gasteiger partial charge in [-0.15, -0.1) is 0 Å². The number of pyridine rings is 2. The fraction of sp³-hybridized carbons (Fsp3) is 0.583. The molecule has 0 unspecified atom stereocenters. The quantitative estimate of drug-likeness (QED) is 0.349. The van der Waals surface area contributed by atoms with Crippen LogP contribution >= 0.6 is 22.6 Å². The number of halogens is 1.